The van der Waals surface area contributed by atoms with Crippen LogP contribution in [0, 0.1) is 0 Å². The first-order chi connectivity index (χ1) is 21.6. The van der Waals surface area contributed by atoms with Crippen molar-refractivity contribution in [3.63, 3.8) is 0 Å². The molecule has 0 bridgehead atoms. The lowest BCUT2D eigenvalue weighted by Crippen LogP contribution is -2.50. The van der Waals surface area contributed by atoms with Gasteiger partial charge in [0.05, 0.1) is 31.5 Å². The van der Waals surface area contributed by atoms with Gasteiger partial charge in [0.2, 0.25) is 17.7 Å². The second-order valence-electron chi connectivity index (χ2n) is 10.5. The Labute approximate surface area is 254 Å². The van der Waals surface area contributed by atoms with Crippen molar-refractivity contribution < 1.29 is 23.4 Å². The molecule has 232 valence electrons. The third-order valence-electron chi connectivity index (χ3n) is 7.63. The summed E-state index contributed by atoms with van der Waals surface area (Å²) in [5, 5.41) is 9.80. The highest BCUT2D eigenvalue weighted by molar-refractivity contribution is 5.90. The first-order valence-electron chi connectivity index (χ1n) is 14.8. The van der Waals surface area contributed by atoms with Gasteiger partial charge in [0.25, 0.3) is 0 Å². The molecule has 1 saturated heterocycles. The molecule has 4 aromatic heterocycles. The van der Waals surface area contributed by atoms with E-state index in [0.29, 0.717) is 74.2 Å². The minimum atomic E-state index is -0.468. The molecule has 1 aromatic carbocycles. The molecule has 0 aliphatic carbocycles. The number of carbonyl (C=O) groups excluding carboxylic acids is 1. The Morgan fingerprint density at radius 2 is 1.82 bits per heavy atom. The van der Waals surface area contributed by atoms with E-state index in [2.05, 4.69) is 44.1 Å². The van der Waals surface area contributed by atoms with Gasteiger partial charge >= 0.3 is 0 Å². The van der Waals surface area contributed by atoms with Crippen molar-refractivity contribution in [2.75, 3.05) is 70.3 Å². The number of rotatable bonds is 13. The first-order valence-corrected chi connectivity index (χ1v) is 14.8. The maximum atomic E-state index is 13.8. The van der Waals surface area contributed by atoms with Crippen molar-refractivity contribution in [3.8, 4) is 17.3 Å². The Balaban J connectivity index is 1.11. The number of nitrogen functional groups attached to an aromatic ring is 1. The average Bonchev–Trinajstić information content (AvgIpc) is 3.82. The van der Waals surface area contributed by atoms with Gasteiger partial charge in [-0.25, -0.2) is 4.98 Å². The lowest BCUT2D eigenvalue weighted by atomic mass is 10.1. The van der Waals surface area contributed by atoms with Crippen LogP contribution < -0.4 is 15.4 Å². The van der Waals surface area contributed by atoms with Crippen LogP contribution in [0.5, 0.6) is 5.75 Å². The molecule has 1 aliphatic rings. The predicted molar refractivity (Wildman–Crippen MR) is 164 cm³/mol. The van der Waals surface area contributed by atoms with E-state index < -0.39 is 6.04 Å². The van der Waals surface area contributed by atoms with Gasteiger partial charge in [-0.2, -0.15) is 14.6 Å². The van der Waals surface area contributed by atoms with Crippen LogP contribution in [0.4, 0.5) is 11.6 Å². The number of nitrogens with zero attached hydrogens (tertiary/aromatic N) is 8. The van der Waals surface area contributed by atoms with E-state index in [0.717, 1.165) is 30.9 Å². The molecule has 0 spiro atoms. The maximum Gasteiger partial charge on any atom is 0.247 e. The summed E-state index contributed by atoms with van der Waals surface area (Å²) >= 11 is 0. The molecular weight excluding hydrogens is 566 g/mol. The summed E-state index contributed by atoms with van der Waals surface area (Å²) in [5.41, 5.74) is 8.21. The second kappa shape index (κ2) is 13.3. The van der Waals surface area contributed by atoms with E-state index in [1.54, 1.807) is 30.2 Å². The van der Waals surface area contributed by atoms with Crippen molar-refractivity contribution in [2.45, 2.75) is 25.8 Å². The molecule has 0 saturated carbocycles. The predicted octanol–water partition coefficient (Wildman–Crippen LogP) is 3.05. The van der Waals surface area contributed by atoms with E-state index in [9.17, 15) is 4.79 Å². The largest absolute Gasteiger partial charge is 0.491 e. The monoisotopic (exact) mass is 603 g/mol. The molecule has 1 aliphatic heterocycles. The van der Waals surface area contributed by atoms with Crippen molar-refractivity contribution in [2.24, 2.45) is 0 Å². The average molecular weight is 604 g/mol. The normalized spacial score (nSPS) is 14.5. The Morgan fingerprint density at radius 1 is 1.02 bits per heavy atom. The number of piperazine rings is 1. The summed E-state index contributed by atoms with van der Waals surface area (Å²) in [4.78, 5) is 27.1. The zero-order valence-corrected chi connectivity index (χ0v) is 25.0. The Kier molecular flexibility index (Phi) is 8.89. The molecule has 1 unspecified atom stereocenters. The van der Waals surface area contributed by atoms with Crippen molar-refractivity contribution >= 4 is 34.2 Å². The molecule has 2 N–H and O–H groups in total. The number of hydrogen-bond acceptors (Lipinski definition) is 11. The topological polar surface area (TPSA) is 151 Å². The smallest absolute Gasteiger partial charge is 0.247 e. The summed E-state index contributed by atoms with van der Waals surface area (Å²) in [5.74, 6) is 1.91. The number of methoxy groups -OCH3 is 1. The van der Waals surface area contributed by atoms with Crippen LogP contribution in [-0.4, -0.2) is 99.9 Å². The standard InChI is InChI=1S/C30H37N9O5/c1-3-5-24(38-20-23-26(34-38)33-30(31)39-28(23)32-27(35-39)25-6-4-15-44-25)29(40)37-13-11-36(12-14-37)21-7-9-22(10-8-21)43-19-18-42-17-16-41-2/h4,6-10,15,20,24H,3,5,11-14,16-19H2,1-2H3,(H2,31,33,34). The number of furan rings is 1. The molecule has 1 amide bonds. The fourth-order valence-corrected chi connectivity index (χ4v) is 5.35. The lowest BCUT2D eigenvalue weighted by Gasteiger charge is -2.37. The Hall–Kier alpha value is -4.69. The molecule has 0 radical (unpaired) electrons. The number of aromatic nitrogens is 6. The zero-order valence-electron chi connectivity index (χ0n) is 25.0. The van der Waals surface area contributed by atoms with E-state index in [4.69, 9.17) is 24.4 Å². The van der Waals surface area contributed by atoms with E-state index in [1.807, 2.05) is 23.2 Å². The lowest BCUT2D eigenvalue weighted by molar-refractivity contribution is -0.135. The summed E-state index contributed by atoms with van der Waals surface area (Å²) in [6.07, 6.45) is 4.84. The quantitative estimate of drug-likeness (QED) is 0.198. The highest BCUT2D eigenvalue weighted by atomic mass is 16.5. The highest BCUT2D eigenvalue weighted by Gasteiger charge is 2.30. The molecule has 5 aromatic rings. The van der Waals surface area contributed by atoms with Crippen LogP contribution in [0.15, 0.2) is 53.3 Å². The number of benzene rings is 1. The highest BCUT2D eigenvalue weighted by Crippen LogP contribution is 2.27. The fourth-order valence-electron chi connectivity index (χ4n) is 5.35. The van der Waals surface area contributed by atoms with E-state index in [1.165, 1.54) is 4.52 Å². The number of anilines is 2. The van der Waals surface area contributed by atoms with E-state index in [-0.39, 0.29) is 11.9 Å². The van der Waals surface area contributed by atoms with Gasteiger partial charge in [-0.1, -0.05) is 13.3 Å². The molecule has 6 rings (SSSR count). The van der Waals surface area contributed by atoms with Gasteiger partial charge in [0.15, 0.2) is 17.1 Å². The number of nitrogens with two attached hydrogens (primary N) is 1. The molecule has 1 atom stereocenters. The Bertz CT molecular complexity index is 1670. The number of hydrogen-bond donors (Lipinski definition) is 1. The fraction of sp³-hybridized carbons (Fsp3) is 0.433. The number of carbonyl (C=O) groups is 1. The zero-order chi connectivity index (χ0) is 30.5. The van der Waals surface area contributed by atoms with Gasteiger partial charge in [-0.05, 0) is 42.8 Å². The van der Waals surface area contributed by atoms with Crippen molar-refractivity contribution in [3.05, 3.63) is 48.9 Å². The van der Waals surface area contributed by atoms with Crippen molar-refractivity contribution in [1.82, 2.24) is 34.3 Å². The van der Waals surface area contributed by atoms with Crippen LogP contribution >= 0.6 is 0 Å². The van der Waals surface area contributed by atoms with Gasteiger partial charge < -0.3 is 34.2 Å². The van der Waals surface area contributed by atoms with Gasteiger partial charge in [0.1, 0.15) is 18.4 Å². The molecule has 5 heterocycles. The van der Waals surface area contributed by atoms with Crippen LogP contribution in [0.25, 0.3) is 28.3 Å². The van der Waals surface area contributed by atoms with Gasteiger partial charge in [0, 0.05) is 45.2 Å². The second-order valence-corrected chi connectivity index (χ2v) is 10.5. The third-order valence-corrected chi connectivity index (χ3v) is 7.63. The van der Waals surface area contributed by atoms with Gasteiger partial charge in [-0.3, -0.25) is 9.48 Å². The molecular formula is C30H37N9O5. The van der Waals surface area contributed by atoms with Gasteiger partial charge in [-0.15, -0.1) is 5.10 Å². The molecule has 14 heteroatoms. The maximum absolute atomic E-state index is 13.8. The van der Waals surface area contributed by atoms with Crippen LogP contribution in [0.2, 0.25) is 0 Å². The molecule has 1 fully saturated rings. The van der Waals surface area contributed by atoms with Crippen molar-refractivity contribution in [1.29, 1.82) is 0 Å². The van der Waals surface area contributed by atoms with Crippen LogP contribution in [0.3, 0.4) is 0 Å². The summed E-state index contributed by atoms with van der Waals surface area (Å²) in [6, 6.07) is 11.1. The molecule has 14 nitrogen and oxygen atoms in total. The van der Waals surface area contributed by atoms with Crippen LogP contribution in [-0.2, 0) is 14.3 Å². The summed E-state index contributed by atoms with van der Waals surface area (Å²) in [6.45, 7) is 6.86. The van der Waals surface area contributed by atoms with Crippen LogP contribution in [0.1, 0.15) is 25.8 Å². The number of ether oxygens (including phenoxy) is 3. The molecule has 44 heavy (non-hydrogen) atoms. The number of amides is 1. The summed E-state index contributed by atoms with van der Waals surface area (Å²) in [7, 11) is 1.65. The third kappa shape index (κ3) is 6.17. The van der Waals surface area contributed by atoms with E-state index >= 15 is 0 Å². The SMILES string of the molecule is CCCC(C(=O)N1CCN(c2ccc(OCCOCCOC)cc2)CC1)n1cc2c(nc(N)n3nc(-c4ccco4)nc23)n1. The minimum absolute atomic E-state index is 0.0394. The minimum Gasteiger partial charge on any atom is -0.491 e. The number of fused-ring (bicyclic) bond motifs is 3. The first kappa shape index (κ1) is 29.4. The Morgan fingerprint density at radius 3 is 2.55 bits per heavy atom. The summed E-state index contributed by atoms with van der Waals surface area (Å²) < 4.78 is 24.8.